The van der Waals surface area contributed by atoms with Crippen molar-refractivity contribution in [3.05, 3.63) is 111 Å². The molecule has 0 aliphatic rings. The summed E-state index contributed by atoms with van der Waals surface area (Å²) in [5.74, 6) is -2.11. The van der Waals surface area contributed by atoms with E-state index in [4.69, 9.17) is 4.42 Å². The van der Waals surface area contributed by atoms with E-state index >= 15 is 0 Å². The molecule has 10 heteroatoms. The summed E-state index contributed by atoms with van der Waals surface area (Å²) in [6.45, 7) is 6.25. The average Bonchev–Trinajstić information content (AvgIpc) is 3.37. The molecule has 1 aromatic heterocycles. The predicted octanol–water partition coefficient (Wildman–Crippen LogP) is 5.43. The Labute approximate surface area is 218 Å². The number of rotatable bonds is 7. The quantitative estimate of drug-likeness (QED) is 0.190. The lowest BCUT2D eigenvalue weighted by molar-refractivity contribution is -0.385. The fourth-order valence-electron chi connectivity index (χ4n) is 4.15. The molecule has 0 radical (unpaired) electrons. The SMILES string of the molecule is Cc1ccc(C(C)Nc2ccc(-c3ccoc3C(=O)NNC(=O)c3ccc(O)c([N+](=O)[O-])c3)cc2)c(C)c1. The number of hydrogen-bond acceptors (Lipinski definition) is 7. The number of phenolic OH excluding ortho intramolecular Hbond substituents is 1. The molecule has 0 saturated carbocycles. The third kappa shape index (κ3) is 5.65. The van der Waals surface area contributed by atoms with E-state index in [0.717, 1.165) is 23.4 Å². The second-order valence-corrected chi connectivity index (χ2v) is 8.84. The van der Waals surface area contributed by atoms with Gasteiger partial charge in [0.25, 0.3) is 5.91 Å². The molecule has 0 bridgehead atoms. The Kier molecular flexibility index (Phi) is 7.43. The number of nitrogens with zero attached hydrogens (tertiary/aromatic N) is 1. The number of furan rings is 1. The van der Waals surface area contributed by atoms with Gasteiger partial charge in [0, 0.05) is 28.9 Å². The fourth-order valence-corrected chi connectivity index (χ4v) is 4.15. The Morgan fingerprint density at radius 1 is 0.947 bits per heavy atom. The van der Waals surface area contributed by atoms with Gasteiger partial charge in [0.05, 0.1) is 11.2 Å². The van der Waals surface area contributed by atoms with Gasteiger partial charge in [-0.2, -0.15) is 0 Å². The zero-order valence-electron chi connectivity index (χ0n) is 20.9. The average molecular weight is 515 g/mol. The molecule has 4 rings (SSSR count). The first-order chi connectivity index (χ1) is 18.1. The van der Waals surface area contributed by atoms with Crippen molar-refractivity contribution in [2.24, 2.45) is 0 Å². The molecule has 2 amide bonds. The molecular formula is C28H26N4O6. The van der Waals surface area contributed by atoms with Crippen molar-refractivity contribution in [3.8, 4) is 16.9 Å². The molecule has 194 valence electrons. The van der Waals surface area contributed by atoms with Crippen LogP contribution in [-0.4, -0.2) is 21.8 Å². The molecule has 1 unspecified atom stereocenters. The summed E-state index contributed by atoms with van der Waals surface area (Å²) in [6.07, 6.45) is 1.36. The summed E-state index contributed by atoms with van der Waals surface area (Å²) in [6, 6.07) is 18.7. The lowest BCUT2D eigenvalue weighted by Crippen LogP contribution is -2.41. The van der Waals surface area contributed by atoms with E-state index in [2.05, 4.69) is 55.1 Å². The number of nitro groups is 1. The minimum Gasteiger partial charge on any atom is -0.502 e. The van der Waals surface area contributed by atoms with Gasteiger partial charge < -0.3 is 14.8 Å². The molecule has 0 aliphatic carbocycles. The molecule has 0 saturated heterocycles. The number of nitro benzene ring substituents is 1. The van der Waals surface area contributed by atoms with Crippen LogP contribution in [0.4, 0.5) is 11.4 Å². The van der Waals surface area contributed by atoms with Crippen molar-refractivity contribution in [2.45, 2.75) is 26.8 Å². The van der Waals surface area contributed by atoms with Gasteiger partial charge in [-0.1, -0.05) is 35.9 Å². The number of hydrogen-bond donors (Lipinski definition) is 4. The van der Waals surface area contributed by atoms with E-state index in [-0.39, 0.29) is 17.4 Å². The Hall–Kier alpha value is -5.12. The van der Waals surface area contributed by atoms with Crippen molar-refractivity contribution in [3.63, 3.8) is 0 Å². The number of aromatic hydroxyl groups is 1. The predicted molar refractivity (Wildman–Crippen MR) is 142 cm³/mol. The highest BCUT2D eigenvalue weighted by molar-refractivity contribution is 6.01. The minimum absolute atomic E-state index is 0.0219. The van der Waals surface area contributed by atoms with Gasteiger partial charge in [-0.25, -0.2) is 0 Å². The van der Waals surface area contributed by atoms with Crippen molar-refractivity contribution >= 4 is 23.2 Å². The number of benzene rings is 3. The maximum Gasteiger partial charge on any atom is 0.311 e. The van der Waals surface area contributed by atoms with Gasteiger partial charge in [-0.15, -0.1) is 0 Å². The van der Waals surface area contributed by atoms with Gasteiger partial charge in [0.2, 0.25) is 5.76 Å². The van der Waals surface area contributed by atoms with Crippen molar-refractivity contribution in [1.29, 1.82) is 0 Å². The maximum absolute atomic E-state index is 12.7. The number of carbonyl (C=O) groups is 2. The van der Waals surface area contributed by atoms with Gasteiger partial charge in [0.1, 0.15) is 0 Å². The van der Waals surface area contributed by atoms with Crippen LogP contribution >= 0.6 is 0 Å². The molecule has 0 fully saturated rings. The van der Waals surface area contributed by atoms with Crippen LogP contribution in [0, 0.1) is 24.0 Å². The van der Waals surface area contributed by atoms with Crippen LogP contribution in [0.1, 0.15) is 50.6 Å². The van der Waals surface area contributed by atoms with Crippen LogP contribution in [0.2, 0.25) is 0 Å². The van der Waals surface area contributed by atoms with E-state index in [0.29, 0.717) is 5.56 Å². The zero-order valence-corrected chi connectivity index (χ0v) is 20.9. The van der Waals surface area contributed by atoms with Gasteiger partial charge in [0.15, 0.2) is 5.75 Å². The first kappa shape index (κ1) is 26.0. The minimum atomic E-state index is -0.815. The summed E-state index contributed by atoms with van der Waals surface area (Å²) in [7, 11) is 0. The Morgan fingerprint density at radius 3 is 2.34 bits per heavy atom. The molecule has 1 heterocycles. The summed E-state index contributed by atoms with van der Waals surface area (Å²) in [4.78, 5) is 35.2. The standard InChI is InChI=1S/C28H26N4O6/c1-16-4-10-22(17(2)14-16)18(3)29-21-8-5-19(6-9-21)23-12-13-38-26(23)28(35)31-30-27(34)20-7-11-25(33)24(15-20)32(36)37/h4-15,18,29,33H,1-3H3,(H,30,34)(H,31,35). The molecule has 4 N–H and O–H groups in total. The highest BCUT2D eigenvalue weighted by Crippen LogP contribution is 2.29. The highest BCUT2D eigenvalue weighted by Gasteiger charge is 2.20. The number of hydrazine groups is 1. The fraction of sp³-hybridized carbons (Fsp3) is 0.143. The highest BCUT2D eigenvalue weighted by atomic mass is 16.6. The van der Waals surface area contributed by atoms with Crippen LogP contribution in [-0.2, 0) is 0 Å². The van der Waals surface area contributed by atoms with Crippen molar-refractivity contribution in [1.82, 2.24) is 10.9 Å². The summed E-state index contributed by atoms with van der Waals surface area (Å²) >= 11 is 0. The van der Waals surface area contributed by atoms with Gasteiger partial charge in [-0.05, 0) is 67.8 Å². The maximum atomic E-state index is 12.7. The lowest BCUT2D eigenvalue weighted by atomic mass is 10.00. The number of phenols is 1. The zero-order chi connectivity index (χ0) is 27.4. The summed E-state index contributed by atoms with van der Waals surface area (Å²) < 4.78 is 5.36. The molecule has 1 atom stereocenters. The van der Waals surface area contributed by atoms with Crippen molar-refractivity contribution in [2.75, 3.05) is 5.32 Å². The third-order valence-corrected chi connectivity index (χ3v) is 6.07. The second kappa shape index (κ2) is 10.9. The Bertz CT molecular complexity index is 1510. The molecule has 0 spiro atoms. The molecule has 3 aromatic carbocycles. The number of nitrogens with one attached hydrogen (secondary N) is 3. The van der Waals surface area contributed by atoms with Crippen LogP contribution in [0.3, 0.4) is 0 Å². The van der Waals surface area contributed by atoms with E-state index in [9.17, 15) is 24.8 Å². The number of aryl methyl sites for hydroxylation is 2. The van der Waals surface area contributed by atoms with E-state index in [1.54, 1.807) is 6.07 Å². The topological polar surface area (TPSA) is 147 Å². The summed E-state index contributed by atoms with van der Waals surface area (Å²) in [5, 5.41) is 24.0. The molecule has 38 heavy (non-hydrogen) atoms. The largest absolute Gasteiger partial charge is 0.502 e. The smallest absolute Gasteiger partial charge is 0.311 e. The normalized spacial score (nSPS) is 11.4. The van der Waals surface area contributed by atoms with Crippen LogP contribution < -0.4 is 16.2 Å². The van der Waals surface area contributed by atoms with Crippen LogP contribution in [0.15, 0.2) is 77.4 Å². The lowest BCUT2D eigenvalue weighted by Gasteiger charge is -2.18. The van der Waals surface area contributed by atoms with Gasteiger partial charge in [-0.3, -0.25) is 30.6 Å². The monoisotopic (exact) mass is 514 g/mol. The third-order valence-electron chi connectivity index (χ3n) is 6.07. The summed E-state index contributed by atoms with van der Waals surface area (Å²) in [5.41, 5.74) is 9.49. The number of anilines is 1. The molecule has 10 nitrogen and oxygen atoms in total. The first-order valence-electron chi connectivity index (χ1n) is 11.7. The van der Waals surface area contributed by atoms with Crippen LogP contribution in [0.25, 0.3) is 11.1 Å². The molecular weight excluding hydrogens is 488 g/mol. The molecule has 0 aliphatic heterocycles. The molecule has 4 aromatic rings. The Balaban J connectivity index is 1.42. The van der Waals surface area contributed by atoms with Crippen LogP contribution in [0.5, 0.6) is 5.75 Å². The van der Waals surface area contributed by atoms with E-state index in [1.807, 2.05) is 24.3 Å². The second-order valence-electron chi connectivity index (χ2n) is 8.84. The van der Waals surface area contributed by atoms with Gasteiger partial charge >= 0.3 is 11.6 Å². The van der Waals surface area contributed by atoms with Crippen molar-refractivity contribution < 1.29 is 24.0 Å². The van der Waals surface area contributed by atoms with E-state index < -0.39 is 28.2 Å². The number of carbonyl (C=O) groups excluding carboxylic acids is 2. The Morgan fingerprint density at radius 2 is 1.66 bits per heavy atom. The first-order valence-corrected chi connectivity index (χ1v) is 11.7. The van der Waals surface area contributed by atoms with E-state index in [1.165, 1.54) is 29.0 Å². The number of amides is 2.